The van der Waals surface area contributed by atoms with Crippen LogP contribution in [-0.4, -0.2) is 69.2 Å². The van der Waals surface area contributed by atoms with Gasteiger partial charge in [-0.3, -0.25) is 19.6 Å². The van der Waals surface area contributed by atoms with Gasteiger partial charge >= 0.3 is 0 Å². The van der Waals surface area contributed by atoms with Crippen molar-refractivity contribution in [2.75, 3.05) is 26.3 Å². The van der Waals surface area contributed by atoms with Gasteiger partial charge in [0.15, 0.2) is 0 Å². The number of amides is 1. The zero-order valence-electron chi connectivity index (χ0n) is 16.2. The van der Waals surface area contributed by atoms with Crippen LogP contribution in [-0.2, 0) is 27.4 Å². The normalized spacial score (nSPS) is 23.0. The van der Waals surface area contributed by atoms with Crippen LogP contribution in [0.1, 0.15) is 11.3 Å². The van der Waals surface area contributed by atoms with Gasteiger partial charge in [0, 0.05) is 31.7 Å². The molecule has 158 valence electrons. The number of rotatable bonds is 5. The Morgan fingerprint density at radius 2 is 2.27 bits per heavy atom. The van der Waals surface area contributed by atoms with Gasteiger partial charge in [0.25, 0.3) is 6.47 Å². The summed E-state index contributed by atoms with van der Waals surface area (Å²) in [5, 5.41) is 24.6. The van der Waals surface area contributed by atoms with E-state index in [1.54, 1.807) is 6.20 Å². The highest BCUT2D eigenvalue weighted by Gasteiger charge is 2.55. The number of nitrogens with zero attached hydrogens (tertiary/aromatic N) is 4. The van der Waals surface area contributed by atoms with Gasteiger partial charge in [0.2, 0.25) is 5.91 Å². The fourth-order valence-corrected chi connectivity index (χ4v) is 4.25. The molecule has 5 rings (SSSR count). The smallest absolute Gasteiger partial charge is 0.290 e. The molecule has 2 saturated heterocycles. The average molecular weight is 414 g/mol. The first kappa shape index (κ1) is 20.0. The summed E-state index contributed by atoms with van der Waals surface area (Å²) in [6.45, 7) is 3.45. The lowest BCUT2D eigenvalue weighted by atomic mass is 9.80. The number of H-pyrrole nitrogens is 1. The van der Waals surface area contributed by atoms with Gasteiger partial charge in [-0.25, -0.2) is 4.63 Å². The number of benzene rings is 1. The SMILES string of the molecule is O=C(NCc1ccn[nH]1)[C@@]12COC[C@@H]1CN(Cc1cccc3nonc13)C2.O=CO. The number of carbonyl (C=O) groups is 2. The summed E-state index contributed by atoms with van der Waals surface area (Å²) in [7, 11) is 0. The number of aromatic amines is 1. The lowest BCUT2D eigenvalue weighted by Gasteiger charge is -2.26. The molecule has 2 aliphatic rings. The van der Waals surface area contributed by atoms with Crippen molar-refractivity contribution in [1.82, 2.24) is 30.7 Å². The Bertz CT molecular complexity index is 1010. The Kier molecular flexibility index (Phi) is 5.72. The molecule has 3 aromatic rings. The van der Waals surface area contributed by atoms with Crippen molar-refractivity contribution in [3.8, 4) is 0 Å². The summed E-state index contributed by atoms with van der Waals surface area (Å²) in [5.41, 5.74) is 2.97. The van der Waals surface area contributed by atoms with E-state index >= 15 is 0 Å². The highest BCUT2D eigenvalue weighted by Crippen LogP contribution is 2.42. The van der Waals surface area contributed by atoms with Crippen molar-refractivity contribution in [3.05, 3.63) is 41.7 Å². The van der Waals surface area contributed by atoms with Gasteiger partial charge in [-0.2, -0.15) is 5.10 Å². The number of aromatic nitrogens is 4. The van der Waals surface area contributed by atoms with E-state index < -0.39 is 5.41 Å². The molecule has 11 nitrogen and oxygen atoms in total. The van der Waals surface area contributed by atoms with Gasteiger partial charge in [-0.15, -0.1) is 0 Å². The van der Waals surface area contributed by atoms with Gasteiger partial charge < -0.3 is 15.2 Å². The van der Waals surface area contributed by atoms with E-state index in [1.807, 2.05) is 24.3 Å². The Hall–Kier alpha value is -3.31. The Morgan fingerprint density at radius 1 is 1.40 bits per heavy atom. The number of hydrogen-bond donors (Lipinski definition) is 3. The number of carbonyl (C=O) groups excluding carboxylic acids is 1. The first-order valence-electron chi connectivity index (χ1n) is 9.51. The van der Waals surface area contributed by atoms with E-state index in [0.717, 1.165) is 28.8 Å². The quantitative estimate of drug-likeness (QED) is 0.505. The predicted octanol–water partition coefficient (Wildman–Crippen LogP) is 0.412. The van der Waals surface area contributed by atoms with Gasteiger partial charge in [0.1, 0.15) is 11.0 Å². The summed E-state index contributed by atoms with van der Waals surface area (Å²) < 4.78 is 10.5. The van der Waals surface area contributed by atoms with E-state index in [4.69, 9.17) is 19.3 Å². The molecule has 0 unspecified atom stereocenters. The first-order chi connectivity index (χ1) is 14.7. The van der Waals surface area contributed by atoms with Crippen LogP contribution in [0.3, 0.4) is 0 Å². The zero-order valence-corrected chi connectivity index (χ0v) is 16.2. The third-order valence-electron chi connectivity index (χ3n) is 5.66. The Morgan fingerprint density at radius 3 is 3.07 bits per heavy atom. The van der Waals surface area contributed by atoms with Crippen LogP contribution in [0, 0.1) is 11.3 Å². The molecule has 2 atom stereocenters. The van der Waals surface area contributed by atoms with Crippen LogP contribution in [0.2, 0.25) is 0 Å². The second kappa shape index (κ2) is 8.59. The highest BCUT2D eigenvalue weighted by molar-refractivity contribution is 5.84. The molecule has 2 aromatic heterocycles. The number of likely N-dealkylation sites (tertiary alicyclic amines) is 1. The fourth-order valence-electron chi connectivity index (χ4n) is 4.25. The second-order valence-electron chi connectivity index (χ2n) is 7.46. The van der Waals surface area contributed by atoms with E-state index in [-0.39, 0.29) is 18.3 Å². The summed E-state index contributed by atoms with van der Waals surface area (Å²) in [5.74, 6) is 0.234. The fraction of sp³-hybridized carbons (Fsp3) is 0.421. The summed E-state index contributed by atoms with van der Waals surface area (Å²) in [6, 6.07) is 7.72. The first-order valence-corrected chi connectivity index (χ1v) is 9.51. The third-order valence-corrected chi connectivity index (χ3v) is 5.66. The molecule has 4 heterocycles. The van der Waals surface area contributed by atoms with Crippen LogP contribution in [0.4, 0.5) is 0 Å². The molecule has 0 bridgehead atoms. The molecular formula is C19H22N6O5. The maximum absolute atomic E-state index is 13.0. The molecule has 3 N–H and O–H groups in total. The van der Waals surface area contributed by atoms with Crippen LogP contribution < -0.4 is 5.32 Å². The monoisotopic (exact) mass is 414 g/mol. The lowest BCUT2D eigenvalue weighted by molar-refractivity contribution is -0.132. The summed E-state index contributed by atoms with van der Waals surface area (Å²) >= 11 is 0. The number of nitrogens with one attached hydrogen (secondary N) is 2. The zero-order chi connectivity index (χ0) is 21.0. The molecule has 1 amide bonds. The van der Waals surface area contributed by atoms with Gasteiger partial charge in [-0.1, -0.05) is 12.1 Å². The molecule has 0 spiro atoms. The third kappa shape index (κ3) is 3.76. The summed E-state index contributed by atoms with van der Waals surface area (Å²) in [6.07, 6.45) is 1.68. The summed E-state index contributed by atoms with van der Waals surface area (Å²) in [4.78, 5) is 23.7. The van der Waals surface area contributed by atoms with Gasteiger partial charge in [-0.05, 0) is 28.0 Å². The van der Waals surface area contributed by atoms with Crippen molar-refractivity contribution in [2.45, 2.75) is 13.1 Å². The minimum absolute atomic E-state index is 0.0448. The molecular weight excluding hydrogens is 392 g/mol. The van der Waals surface area contributed by atoms with Crippen LogP contribution >= 0.6 is 0 Å². The van der Waals surface area contributed by atoms with Crippen molar-refractivity contribution in [1.29, 1.82) is 0 Å². The number of ether oxygens (including phenoxy) is 1. The minimum atomic E-state index is -0.504. The number of carboxylic acid groups (broad SMARTS) is 1. The van der Waals surface area contributed by atoms with Crippen molar-refractivity contribution >= 4 is 23.4 Å². The Balaban J connectivity index is 0.000000687. The lowest BCUT2D eigenvalue weighted by Crippen LogP contribution is -2.46. The molecule has 0 aliphatic carbocycles. The van der Waals surface area contributed by atoms with E-state index in [0.29, 0.717) is 32.8 Å². The maximum Gasteiger partial charge on any atom is 0.290 e. The second-order valence-corrected chi connectivity index (χ2v) is 7.46. The minimum Gasteiger partial charge on any atom is -0.483 e. The number of hydrogen-bond acceptors (Lipinski definition) is 8. The number of fused-ring (bicyclic) bond motifs is 2. The van der Waals surface area contributed by atoms with Crippen LogP contribution in [0.15, 0.2) is 35.1 Å². The van der Waals surface area contributed by atoms with Crippen molar-refractivity contribution in [2.24, 2.45) is 11.3 Å². The van der Waals surface area contributed by atoms with Crippen LogP contribution in [0.25, 0.3) is 11.0 Å². The largest absolute Gasteiger partial charge is 0.483 e. The van der Waals surface area contributed by atoms with Crippen molar-refractivity contribution in [3.63, 3.8) is 0 Å². The van der Waals surface area contributed by atoms with E-state index in [9.17, 15) is 4.79 Å². The Labute approximate surface area is 171 Å². The van der Waals surface area contributed by atoms with Gasteiger partial charge in [0.05, 0.1) is 30.9 Å². The van der Waals surface area contributed by atoms with Crippen molar-refractivity contribution < 1.29 is 24.1 Å². The van der Waals surface area contributed by atoms with Crippen LogP contribution in [0.5, 0.6) is 0 Å². The topological polar surface area (TPSA) is 146 Å². The molecule has 0 radical (unpaired) electrons. The molecule has 2 aliphatic heterocycles. The molecule has 0 saturated carbocycles. The molecule has 1 aromatic carbocycles. The maximum atomic E-state index is 13.0. The van der Waals surface area contributed by atoms with E-state index in [1.165, 1.54) is 0 Å². The van der Waals surface area contributed by atoms with E-state index in [2.05, 4.69) is 30.7 Å². The predicted molar refractivity (Wildman–Crippen MR) is 103 cm³/mol. The highest BCUT2D eigenvalue weighted by atomic mass is 16.6. The molecule has 30 heavy (non-hydrogen) atoms. The molecule has 11 heteroatoms. The average Bonchev–Trinajstić information content (AvgIpc) is 3.50. The molecule has 2 fully saturated rings. The standard InChI is InChI=1S/C18H20N6O3.CH2O2/c25-17(19-6-14-4-5-20-21-14)18-10-24(8-13(18)9-26-11-18)7-12-2-1-3-15-16(12)23-27-22-15;2-1-3/h1-5,13H,6-11H2,(H,19,25)(H,20,21);1H,(H,2,3)/t13-,18-;/m0./s1.